The molecule has 0 aliphatic rings. The number of nitrogens with one attached hydrogen (secondary N) is 3. The number of hydrogen-bond acceptors (Lipinski definition) is 4. The first-order valence-electron chi connectivity index (χ1n) is 8.96. The van der Waals surface area contributed by atoms with Crippen LogP contribution in [-0.2, 0) is 0 Å². The molecule has 0 saturated carbocycles. The number of hydrogen-bond donors (Lipinski definition) is 3. The molecule has 0 heterocycles. The Kier molecular flexibility index (Phi) is 6.77. The highest BCUT2D eigenvalue weighted by atomic mass is 35.5. The van der Waals surface area contributed by atoms with Crippen LogP contribution in [0.3, 0.4) is 0 Å². The quantitative estimate of drug-likeness (QED) is 0.503. The van der Waals surface area contributed by atoms with Gasteiger partial charge < -0.3 is 25.4 Å². The maximum atomic E-state index is 12.6. The lowest BCUT2D eigenvalue weighted by atomic mass is 10.1. The van der Waals surface area contributed by atoms with Gasteiger partial charge in [0.05, 0.1) is 19.2 Å². The fraction of sp³-hybridized carbons (Fsp3) is 0.0909. The van der Waals surface area contributed by atoms with E-state index in [4.69, 9.17) is 21.1 Å². The molecule has 3 N–H and O–H groups in total. The first kappa shape index (κ1) is 21.0. The molecule has 0 aromatic heterocycles. The zero-order valence-electron chi connectivity index (χ0n) is 16.4. The summed E-state index contributed by atoms with van der Waals surface area (Å²) in [4.78, 5) is 24.8. The van der Waals surface area contributed by atoms with Gasteiger partial charge in [-0.3, -0.25) is 4.79 Å². The highest BCUT2D eigenvalue weighted by Gasteiger charge is 2.15. The summed E-state index contributed by atoms with van der Waals surface area (Å²) in [6, 6.07) is 18.5. The van der Waals surface area contributed by atoms with Gasteiger partial charge in [0.1, 0.15) is 0 Å². The fourth-order valence-electron chi connectivity index (χ4n) is 2.74. The van der Waals surface area contributed by atoms with Gasteiger partial charge in [0, 0.05) is 22.6 Å². The van der Waals surface area contributed by atoms with Crippen LogP contribution in [-0.4, -0.2) is 26.2 Å². The van der Waals surface area contributed by atoms with Crippen molar-refractivity contribution in [3.63, 3.8) is 0 Å². The summed E-state index contributed by atoms with van der Waals surface area (Å²) in [5.74, 6) is 0.318. The zero-order chi connectivity index (χ0) is 21.5. The SMILES string of the molecule is COc1cc(C(=O)Nc2cccc(NC(=O)Nc3ccccc3)c2)cc(Cl)c1OC. The predicted octanol–water partition coefficient (Wildman–Crippen LogP) is 5.25. The van der Waals surface area contributed by atoms with Crippen molar-refractivity contribution in [2.75, 3.05) is 30.2 Å². The summed E-state index contributed by atoms with van der Waals surface area (Å²) in [5, 5.41) is 8.49. The normalized spacial score (nSPS) is 10.1. The van der Waals surface area contributed by atoms with Gasteiger partial charge in [-0.05, 0) is 42.5 Å². The molecule has 0 radical (unpaired) electrons. The van der Waals surface area contributed by atoms with Crippen molar-refractivity contribution in [2.45, 2.75) is 0 Å². The third-order valence-electron chi connectivity index (χ3n) is 4.11. The monoisotopic (exact) mass is 425 g/mol. The van der Waals surface area contributed by atoms with Crippen molar-refractivity contribution in [3.05, 3.63) is 77.3 Å². The summed E-state index contributed by atoms with van der Waals surface area (Å²) in [6.45, 7) is 0. The smallest absolute Gasteiger partial charge is 0.323 e. The minimum Gasteiger partial charge on any atom is -0.493 e. The number of benzene rings is 3. The Morgan fingerprint density at radius 2 is 1.40 bits per heavy atom. The molecule has 0 aliphatic heterocycles. The van der Waals surface area contributed by atoms with Crippen LogP contribution in [0.4, 0.5) is 21.9 Å². The molecule has 3 amide bonds. The molecule has 0 unspecified atom stereocenters. The van der Waals surface area contributed by atoms with E-state index < -0.39 is 6.03 Å². The third-order valence-corrected chi connectivity index (χ3v) is 4.39. The lowest BCUT2D eigenvalue weighted by Crippen LogP contribution is -2.19. The first-order valence-corrected chi connectivity index (χ1v) is 9.34. The van der Waals surface area contributed by atoms with Crippen molar-refractivity contribution in [1.82, 2.24) is 0 Å². The highest BCUT2D eigenvalue weighted by molar-refractivity contribution is 6.32. The molecule has 0 atom stereocenters. The molecule has 7 nitrogen and oxygen atoms in total. The first-order chi connectivity index (χ1) is 14.5. The summed E-state index contributed by atoms with van der Waals surface area (Å²) in [6.07, 6.45) is 0. The number of rotatable bonds is 6. The van der Waals surface area contributed by atoms with Crippen LogP contribution >= 0.6 is 11.6 Å². The minimum absolute atomic E-state index is 0.259. The van der Waals surface area contributed by atoms with E-state index in [0.29, 0.717) is 34.1 Å². The number of para-hydroxylation sites is 1. The van der Waals surface area contributed by atoms with Gasteiger partial charge in [0.25, 0.3) is 5.91 Å². The van der Waals surface area contributed by atoms with Gasteiger partial charge in [-0.15, -0.1) is 0 Å². The molecule has 30 heavy (non-hydrogen) atoms. The lowest BCUT2D eigenvalue weighted by Gasteiger charge is -2.13. The molecule has 3 rings (SSSR count). The van der Waals surface area contributed by atoms with Gasteiger partial charge in [-0.1, -0.05) is 35.9 Å². The number of anilines is 3. The summed E-state index contributed by atoms with van der Waals surface area (Å²) in [7, 11) is 2.93. The van der Waals surface area contributed by atoms with E-state index in [0.717, 1.165) is 0 Å². The Bertz CT molecular complexity index is 1060. The molecule has 0 spiro atoms. The second kappa shape index (κ2) is 9.67. The van der Waals surface area contributed by atoms with Gasteiger partial charge in [0.15, 0.2) is 11.5 Å². The maximum absolute atomic E-state index is 12.6. The number of carbonyl (C=O) groups excluding carboxylic acids is 2. The Labute approximate surface area is 179 Å². The summed E-state index contributed by atoms with van der Waals surface area (Å²) >= 11 is 6.17. The number of amides is 3. The molecular weight excluding hydrogens is 406 g/mol. The van der Waals surface area contributed by atoms with Crippen molar-refractivity contribution < 1.29 is 19.1 Å². The van der Waals surface area contributed by atoms with E-state index in [1.807, 2.05) is 18.2 Å². The number of ether oxygens (including phenoxy) is 2. The summed E-state index contributed by atoms with van der Waals surface area (Å²) < 4.78 is 10.4. The van der Waals surface area contributed by atoms with Crippen LogP contribution in [0.25, 0.3) is 0 Å². The highest BCUT2D eigenvalue weighted by Crippen LogP contribution is 2.36. The van der Waals surface area contributed by atoms with Crippen molar-refractivity contribution >= 4 is 40.6 Å². The number of methoxy groups -OCH3 is 2. The average molecular weight is 426 g/mol. The molecule has 8 heteroatoms. The van der Waals surface area contributed by atoms with Crippen LogP contribution in [0.1, 0.15) is 10.4 Å². The van der Waals surface area contributed by atoms with Crippen LogP contribution in [0, 0.1) is 0 Å². The van der Waals surface area contributed by atoms with Gasteiger partial charge in [-0.2, -0.15) is 0 Å². The van der Waals surface area contributed by atoms with Gasteiger partial charge in [-0.25, -0.2) is 4.79 Å². The number of urea groups is 1. The van der Waals surface area contributed by atoms with Crippen molar-refractivity contribution in [3.8, 4) is 11.5 Å². The minimum atomic E-state index is -0.392. The van der Waals surface area contributed by atoms with E-state index >= 15 is 0 Å². The molecule has 154 valence electrons. The fourth-order valence-corrected chi connectivity index (χ4v) is 3.03. The van der Waals surface area contributed by atoms with Crippen LogP contribution in [0.5, 0.6) is 11.5 Å². The molecular formula is C22H20ClN3O4. The van der Waals surface area contributed by atoms with E-state index in [9.17, 15) is 9.59 Å². The van der Waals surface area contributed by atoms with Crippen LogP contribution in [0.2, 0.25) is 5.02 Å². The second-order valence-electron chi connectivity index (χ2n) is 6.17. The molecule has 0 bridgehead atoms. The Balaban J connectivity index is 1.70. The second-order valence-corrected chi connectivity index (χ2v) is 6.58. The van der Waals surface area contributed by atoms with Gasteiger partial charge in [0.2, 0.25) is 0 Å². The van der Waals surface area contributed by atoms with E-state index in [1.54, 1.807) is 36.4 Å². The molecule has 3 aromatic carbocycles. The van der Waals surface area contributed by atoms with E-state index in [1.165, 1.54) is 26.4 Å². The standard InChI is InChI=1S/C22H20ClN3O4/c1-29-19-12-14(11-18(23)20(19)30-2)21(27)24-16-9-6-10-17(13-16)26-22(28)25-15-7-4-3-5-8-15/h3-13H,1-2H3,(H,24,27)(H2,25,26,28). The van der Waals surface area contributed by atoms with Crippen LogP contribution in [0.15, 0.2) is 66.7 Å². The topological polar surface area (TPSA) is 88.7 Å². The van der Waals surface area contributed by atoms with Gasteiger partial charge >= 0.3 is 6.03 Å². The maximum Gasteiger partial charge on any atom is 0.323 e. The Hall–Kier alpha value is -3.71. The average Bonchev–Trinajstić information content (AvgIpc) is 2.74. The Morgan fingerprint density at radius 3 is 2.07 bits per heavy atom. The molecule has 3 aromatic rings. The third kappa shape index (κ3) is 5.21. The zero-order valence-corrected chi connectivity index (χ0v) is 17.1. The Morgan fingerprint density at radius 1 is 0.767 bits per heavy atom. The van der Waals surface area contributed by atoms with Crippen LogP contribution < -0.4 is 25.4 Å². The number of halogens is 1. The lowest BCUT2D eigenvalue weighted by molar-refractivity contribution is 0.102. The number of carbonyl (C=O) groups is 2. The van der Waals surface area contributed by atoms with Crippen molar-refractivity contribution in [1.29, 1.82) is 0 Å². The predicted molar refractivity (Wildman–Crippen MR) is 118 cm³/mol. The molecule has 0 fully saturated rings. The van der Waals surface area contributed by atoms with Crippen molar-refractivity contribution in [2.24, 2.45) is 0 Å². The van der Waals surface area contributed by atoms with E-state index in [-0.39, 0.29) is 10.9 Å². The van der Waals surface area contributed by atoms with E-state index in [2.05, 4.69) is 16.0 Å². The summed E-state index contributed by atoms with van der Waals surface area (Å²) in [5.41, 5.74) is 2.00. The largest absolute Gasteiger partial charge is 0.493 e. The molecule has 0 aliphatic carbocycles. The molecule has 0 saturated heterocycles.